The van der Waals surface area contributed by atoms with Crippen LogP contribution in [0.4, 0.5) is 0 Å². The monoisotopic (exact) mass is 221 g/mol. The third-order valence-electron chi connectivity index (χ3n) is 2.16. The van der Waals surface area contributed by atoms with Gasteiger partial charge < -0.3 is 0 Å². The number of carbonyl (C=O) groups excluding carboxylic acids is 1. The van der Waals surface area contributed by atoms with E-state index in [2.05, 4.69) is 10.1 Å². The number of aromatic nitrogens is 3. The maximum Gasteiger partial charge on any atom is 0.187 e. The van der Waals surface area contributed by atoms with Crippen LogP contribution in [-0.4, -0.2) is 20.5 Å². The van der Waals surface area contributed by atoms with Crippen LogP contribution in [0, 0.1) is 6.92 Å². The van der Waals surface area contributed by atoms with Crippen molar-refractivity contribution in [2.75, 3.05) is 0 Å². The van der Waals surface area contributed by atoms with Gasteiger partial charge in [-0.15, -0.1) is 11.3 Å². The molecule has 0 radical (unpaired) electrons. The highest BCUT2D eigenvalue weighted by molar-refractivity contribution is 7.07. The van der Waals surface area contributed by atoms with Crippen molar-refractivity contribution in [3.8, 4) is 0 Å². The smallest absolute Gasteiger partial charge is 0.187 e. The number of ketones is 1. The molecule has 2 heterocycles. The summed E-state index contributed by atoms with van der Waals surface area (Å²) in [6.07, 6.45) is 0.362. The molecule has 5 heteroatoms. The molecule has 0 aliphatic heterocycles. The third kappa shape index (κ3) is 2.12. The second-order valence-electron chi connectivity index (χ2n) is 3.37. The van der Waals surface area contributed by atoms with E-state index in [1.54, 1.807) is 15.6 Å². The molecular weight excluding hydrogens is 210 g/mol. The van der Waals surface area contributed by atoms with Gasteiger partial charge in [0.05, 0.1) is 17.6 Å². The molecule has 0 atom stereocenters. The van der Waals surface area contributed by atoms with Crippen LogP contribution in [0.1, 0.15) is 21.9 Å². The van der Waals surface area contributed by atoms with Crippen molar-refractivity contribution >= 4 is 17.1 Å². The minimum Gasteiger partial charge on any atom is -0.292 e. The largest absolute Gasteiger partial charge is 0.292 e. The maximum atomic E-state index is 11.7. The van der Waals surface area contributed by atoms with Gasteiger partial charge in [0, 0.05) is 18.1 Å². The Labute approximate surface area is 91.6 Å². The normalized spacial score (nSPS) is 10.5. The minimum absolute atomic E-state index is 0.0410. The van der Waals surface area contributed by atoms with E-state index in [0.717, 1.165) is 11.4 Å². The Morgan fingerprint density at radius 1 is 1.60 bits per heavy atom. The fourth-order valence-electron chi connectivity index (χ4n) is 1.43. The maximum absolute atomic E-state index is 11.7. The van der Waals surface area contributed by atoms with E-state index in [-0.39, 0.29) is 5.78 Å². The van der Waals surface area contributed by atoms with Gasteiger partial charge >= 0.3 is 0 Å². The van der Waals surface area contributed by atoms with Crippen molar-refractivity contribution in [1.82, 2.24) is 14.8 Å². The number of aryl methyl sites for hydroxylation is 2. The van der Waals surface area contributed by atoms with Gasteiger partial charge in [0.2, 0.25) is 0 Å². The molecule has 2 rings (SSSR count). The van der Waals surface area contributed by atoms with E-state index < -0.39 is 0 Å². The van der Waals surface area contributed by atoms with E-state index in [1.165, 1.54) is 11.3 Å². The zero-order valence-corrected chi connectivity index (χ0v) is 9.41. The Morgan fingerprint density at radius 3 is 2.93 bits per heavy atom. The standard InChI is InChI=1S/C10H11N3OS/c1-7-3-8(13(2)12-7)4-10(14)9-5-15-6-11-9/h3,5-6H,4H2,1-2H3. The summed E-state index contributed by atoms with van der Waals surface area (Å²) in [5.74, 6) is 0.0410. The molecule has 78 valence electrons. The molecule has 0 bridgehead atoms. The molecule has 0 aliphatic carbocycles. The molecule has 0 spiro atoms. The number of nitrogens with zero attached hydrogens (tertiary/aromatic N) is 3. The number of Topliss-reactive ketones (excluding diaryl/α,β-unsaturated/α-hetero) is 1. The fourth-order valence-corrected chi connectivity index (χ4v) is 1.99. The quantitative estimate of drug-likeness (QED) is 0.740. The second-order valence-corrected chi connectivity index (χ2v) is 4.09. The van der Waals surface area contributed by atoms with Gasteiger partial charge in [-0.05, 0) is 13.0 Å². The van der Waals surface area contributed by atoms with E-state index in [1.807, 2.05) is 20.0 Å². The van der Waals surface area contributed by atoms with E-state index >= 15 is 0 Å². The van der Waals surface area contributed by atoms with Crippen LogP contribution >= 0.6 is 11.3 Å². The van der Waals surface area contributed by atoms with Crippen molar-refractivity contribution < 1.29 is 4.79 Å². The summed E-state index contributed by atoms with van der Waals surface area (Å²) in [4.78, 5) is 15.7. The van der Waals surface area contributed by atoms with Gasteiger partial charge in [-0.1, -0.05) is 0 Å². The first-order valence-corrected chi connectivity index (χ1v) is 5.52. The first-order valence-electron chi connectivity index (χ1n) is 4.57. The average molecular weight is 221 g/mol. The van der Waals surface area contributed by atoms with Gasteiger partial charge in [-0.3, -0.25) is 9.48 Å². The molecule has 0 aromatic carbocycles. The lowest BCUT2D eigenvalue weighted by atomic mass is 10.2. The number of hydrogen-bond donors (Lipinski definition) is 0. The summed E-state index contributed by atoms with van der Waals surface area (Å²) in [6.45, 7) is 1.91. The Hall–Kier alpha value is -1.49. The average Bonchev–Trinajstić information content (AvgIpc) is 2.76. The molecule has 0 N–H and O–H groups in total. The zero-order valence-electron chi connectivity index (χ0n) is 8.60. The summed E-state index contributed by atoms with van der Waals surface area (Å²) < 4.78 is 1.74. The van der Waals surface area contributed by atoms with Gasteiger partial charge in [0.15, 0.2) is 5.78 Å². The molecule has 2 aromatic heterocycles. The molecule has 0 fully saturated rings. The van der Waals surface area contributed by atoms with Gasteiger partial charge in [-0.25, -0.2) is 4.98 Å². The van der Waals surface area contributed by atoms with Crippen molar-refractivity contribution in [3.05, 3.63) is 34.0 Å². The highest BCUT2D eigenvalue weighted by Gasteiger charge is 2.11. The van der Waals surface area contributed by atoms with E-state index in [0.29, 0.717) is 12.1 Å². The summed E-state index contributed by atoms with van der Waals surface area (Å²) in [6, 6.07) is 1.92. The van der Waals surface area contributed by atoms with Crippen molar-refractivity contribution in [3.63, 3.8) is 0 Å². The Balaban J connectivity index is 2.16. The van der Waals surface area contributed by atoms with Gasteiger partial charge in [0.25, 0.3) is 0 Å². The molecule has 0 saturated carbocycles. The number of carbonyl (C=O) groups is 1. The summed E-state index contributed by atoms with van der Waals surface area (Å²) in [5, 5.41) is 5.96. The molecule has 0 saturated heterocycles. The first kappa shape index (κ1) is 10.0. The lowest BCUT2D eigenvalue weighted by molar-refractivity contribution is 0.0986. The van der Waals surface area contributed by atoms with Gasteiger partial charge in [-0.2, -0.15) is 5.10 Å². The SMILES string of the molecule is Cc1cc(CC(=O)c2cscn2)n(C)n1. The summed E-state index contributed by atoms with van der Waals surface area (Å²) >= 11 is 1.43. The molecule has 0 unspecified atom stereocenters. The van der Waals surface area contributed by atoms with E-state index in [9.17, 15) is 4.79 Å². The van der Waals surface area contributed by atoms with Crippen molar-refractivity contribution in [2.45, 2.75) is 13.3 Å². The van der Waals surface area contributed by atoms with Crippen LogP contribution in [0.5, 0.6) is 0 Å². The molecule has 15 heavy (non-hydrogen) atoms. The van der Waals surface area contributed by atoms with Crippen LogP contribution in [0.25, 0.3) is 0 Å². The zero-order chi connectivity index (χ0) is 10.8. The molecule has 4 nitrogen and oxygen atoms in total. The van der Waals surface area contributed by atoms with Crippen LogP contribution < -0.4 is 0 Å². The Bertz CT molecular complexity index is 473. The lowest BCUT2D eigenvalue weighted by Gasteiger charge is -1.98. The molecule has 0 amide bonds. The highest BCUT2D eigenvalue weighted by Crippen LogP contribution is 2.08. The predicted octanol–water partition coefficient (Wildman–Crippen LogP) is 1.61. The number of thiazole rings is 1. The molecule has 2 aromatic rings. The molecular formula is C10H11N3OS. The number of rotatable bonds is 3. The van der Waals surface area contributed by atoms with Crippen LogP contribution in [0.2, 0.25) is 0 Å². The summed E-state index contributed by atoms with van der Waals surface area (Å²) in [7, 11) is 1.84. The predicted molar refractivity (Wildman–Crippen MR) is 58.1 cm³/mol. The Morgan fingerprint density at radius 2 is 2.40 bits per heavy atom. The Kier molecular flexibility index (Phi) is 2.64. The third-order valence-corrected chi connectivity index (χ3v) is 2.75. The fraction of sp³-hybridized carbons (Fsp3) is 0.300. The van der Waals surface area contributed by atoms with Gasteiger partial charge in [0.1, 0.15) is 5.69 Å². The van der Waals surface area contributed by atoms with Crippen LogP contribution in [0.3, 0.4) is 0 Å². The lowest BCUT2D eigenvalue weighted by Crippen LogP contribution is -2.08. The second kappa shape index (κ2) is 3.94. The van der Waals surface area contributed by atoms with Crippen molar-refractivity contribution in [1.29, 1.82) is 0 Å². The minimum atomic E-state index is 0.0410. The van der Waals surface area contributed by atoms with Crippen LogP contribution in [0.15, 0.2) is 17.0 Å². The summed E-state index contributed by atoms with van der Waals surface area (Å²) in [5.41, 5.74) is 4.06. The van der Waals surface area contributed by atoms with E-state index in [4.69, 9.17) is 0 Å². The first-order chi connectivity index (χ1) is 7.16. The highest BCUT2D eigenvalue weighted by atomic mass is 32.1. The number of hydrogen-bond acceptors (Lipinski definition) is 4. The van der Waals surface area contributed by atoms with Crippen LogP contribution in [-0.2, 0) is 13.5 Å². The molecule has 0 aliphatic rings. The topological polar surface area (TPSA) is 47.8 Å². The van der Waals surface area contributed by atoms with Crippen molar-refractivity contribution in [2.24, 2.45) is 7.05 Å².